The van der Waals surface area contributed by atoms with Crippen LogP contribution in [0.25, 0.3) is 0 Å². The molecule has 2 rings (SSSR count). The van der Waals surface area contributed by atoms with Crippen LogP contribution >= 0.6 is 27.3 Å². The van der Waals surface area contributed by atoms with Gasteiger partial charge >= 0.3 is 0 Å². The van der Waals surface area contributed by atoms with Crippen molar-refractivity contribution in [2.75, 3.05) is 0 Å². The molecule has 15 heavy (non-hydrogen) atoms. The van der Waals surface area contributed by atoms with Gasteiger partial charge in [0.05, 0.1) is 5.56 Å². The maximum absolute atomic E-state index is 11.6. The van der Waals surface area contributed by atoms with Crippen molar-refractivity contribution in [2.24, 2.45) is 0 Å². The summed E-state index contributed by atoms with van der Waals surface area (Å²) in [6.07, 6.45) is 1.42. The highest BCUT2D eigenvalue weighted by molar-refractivity contribution is 9.10. The number of nitrogens with one attached hydrogen (secondary N) is 1. The molecule has 5 heteroatoms. The van der Waals surface area contributed by atoms with Crippen LogP contribution in [0.3, 0.4) is 0 Å². The quantitative estimate of drug-likeness (QED) is 0.942. The third-order valence-electron chi connectivity index (χ3n) is 1.86. The molecule has 0 bridgehead atoms. The summed E-state index contributed by atoms with van der Waals surface area (Å²) in [6, 6.07) is 3.62. The molecule has 1 N–H and O–H groups in total. The third-order valence-corrected chi connectivity index (χ3v) is 3.01. The van der Waals surface area contributed by atoms with Gasteiger partial charge in [-0.2, -0.15) is 11.3 Å². The average Bonchev–Trinajstić information content (AvgIpc) is 2.84. The molecule has 0 aliphatic rings. The molecule has 0 radical (unpaired) electrons. The van der Waals surface area contributed by atoms with Gasteiger partial charge in [-0.05, 0) is 38.3 Å². The van der Waals surface area contributed by atoms with Crippen molar-refractivity contribution in [1.82, 2.24) is 5.32 Å². The Morgan fingerprint density at radius 3 is 3.07 bits per heavy atom. The molecular weight excluding hydrogens is 278 g/mol. The second-order valence-corrected chi connectivity index (χ2v) is 4.52. The zero-order valence-corrected chi connectivity index (χ0v) is 10.1. The van der Waals surface area contributed by atoms with Gasteiger partial charge in [0, 0.05) is 12.6 Å². The summed E-state index contributed by atoms with van der Waals surface area (Å²) in [5.41, 5.74) is 1.63. The summed E-state index contributed by atoms with van der Waals surface area (Å²) < 4.78 is 5.54. The van der Waals surface area contributed by atoms with Crippen molar-refractivity contribution >= 4 is 33.2 Å². The van der Waals surface area contributed by atoms with Crippen molar-refractivity contribution in [2.45, 2.75) is 6.54 Å². The zero-order chi connectivity index (χ0) is 10.7. The standard InChI is InChI=1S/C10H8BrNO2S/c11-9-3-8(5-14-9)10(13)12-4-7-1-2-15-6-7/h1-3,5-6H,4H2,(H,12,13). The zero-order valence-electron chi connectivity index (χ0n) is 7.70. The fourth-order valence-electron chi connectivity index (χ4n) is 1.11. The highest BCUT2D eigenvalue weighted by atomic mass is 79.9. The van der Waals surface area contributed by atoms with Gasteiger partial charge in [-0.15, -0.1) is 0 Å². The lowest BCUT2D eigenvalue weighted by Crippen LogP contribution is -2.21. The van der Waals surface area contributed by atoms with Gasteiger partial charge in [-0.3, -0.25) is 4.79 Å². The van der Waals surface area contributed by atoms with Crippen LogP contribution in [0.1, 0.15) is 15.9 Å². The van der Waals surface area contributed by atoms with E-state index in [0.29, 0.717) is 16.8 Å². The van der Waals surface area contributed by atoms with Gasteiger partial charge in [0.15, 0.2) is 4.67 Å². The molecule has 2 aromatic heterocycles. The van der Waals surface area contributed by atoms with E-state index in [1.54, 1.807) is 17.4 Å². The van der Waals surface area contributed by atoms with E-state index in [0.717, 1.165) is 5.56 Å². The third kappa shape index (κ3) is 2.70. The van der Waals surface area contributed by atoms with Crippen molar-refractivity contribution in [3.05, 3.63) is 45.0 Å². The lowest BCUT2D eigenvalue weighted by Gasteiger charge is -2.00. The Morgan fingerprint density at radius 2 is 2.47 bits per heavy atom. The molecule has 0 aliphatic heterocycles. The van der Waals surface area contributed by atoms with E-state index in [1.165, 1.54) is 6.26 Å². The van der Waals surface area contributed by atoms with Crippen LogP contribution < -0.4 is 5.32 Å². The van der Waals surface area contributed by atoms with Crippen LogP contribution in [-0.4, -0.2) is 5.91 Å². The lowest BCUT2D eigenvalue weighted by atomic mass is 10.3. The average molecular weight is 286 g/mol. The minimum atomic E-state index is -0.129. The monoisotopic (exact) mass is 285 g/mol. The summed E-state index contributed by atoms with van der Waals surface area (Å²) in [6.45, 7) is 0.547. The predicted molar refractivity (Wildman–Crippen MR) is 61.9 cm³/mol. The van der Waals surface area contributed by atoms with E-state index < -0.39 is 0 Å². The second kappa shape index (κ2) is 4.63. The van der Waals surface area contributed by atoms with Gasteiger partial charge in [0.2, 0.25) is 0 Å². The lowest BCUT2D eigenvalue weighted by molar-refractivity contribution is 0.0950. The van der Waals surface area contributed by atoms with Crippen molar-refractivity contribution < 1.29 is 9.21 Å². The van der Waals surface area contributed by atoms with Crippen LogP contribution in [0.2, 0.25) is 0 Å². The first-order valence-corrected chi connectivity index (χ1v) is 6.02. The number of furan rings is 1. The van der Waals surface area contributed by atoms with Gasteiger partial charge in [0.1, 0.15) is 6.26 Å². The van der Waals surface area contributed by atoms with E-state index >= 15 is 0 Å². The van der Waals surface area contributed by atoms with Gasteiger partial charge < -0.3 is 9.73 Å². The molecule has 0 fully saturated rings. The molecule has 1 amide bonds. The number of carbonyl (C=O) groups is 1. The molecular formula is C10H8BrNO2S. The number of hydrogen-bond acceptors (Lipinski definition) is 3. The maximum atomic E-state index is 11.6. The molecule has 3 nitrogen and oxygen atoms in total. The molecule has 2 aromatic rings. The fraction of sp³-hybridized carbons (Fsp3) is 0.100. The van der Waals surface area contributed by atoms with Gasteiger partial charge in [-0.25, -0.2) is 0 Å². The molecule has 0 saturated carbocycles. The summed E-state index contributed by atoms with van der Waals surface area (Å²) in [5.74, 6) is -0.129. The van der Waals surface area contributed by atoms with E-state index in [1.807, 2.05) is 16.8 Å². The van der Waals surface area contributed by atoms with Crippen LogP contribution in [0.5, 0.6) is 0 Å². The van der Waals surface area contributed by atoms with Crippen molar-refractivity contribution in [1.29, 1.82) is 0 Å². The second-order valence-electron chi connectivity index (χ2n) is 2.95. The van der Waals surface area contributed by atoms with E-state index in [9.17, 15) is 4.79 Å². The van der Waals surface area contributed by atoms with E-state index in [-0.39, 0.29) is 5.91 Å². The van der Waals surface area contributed by atoms with Crippen LogP contribution in [0.4, 0.5) is 0 Å². The first kappa shape index (κ1) is 10.4. The molecule has 0 aliphatic carbocycles. The Bertz CT molecular complexity index is 450. The van der Waals surface area contributed by atoms with Crippen LogP contribution in [0.15, 0.2) is 38.2 Å². The van der Waals surface area contributed by atoms with Crippen molar-refractivity contribution in [3.8, 4) is 0 Å². The van der Waals surface area contributed by atoms with E-state index in [2.05, 4.69) is 21.2 Å². The Morgan fingerprint density at radius 1 is 1.60 bits per heavy atom. The maximum Gasteiger partial charge on any atom is 0.254 e. The predicted octanol–water partition coefficient (Wildman–Crippen LogP) is 3.03. The molecule has 0 unspecified atom stereocenters. The Hall–Kier alpha value is -1.07. The number of thiophene rings is 1. The fourth-order valence-corrected chi connectivity index (χ4v) is 2.12. The van der Waals surface area contributed by atoms with Crippen molar-refractivity contribution in [3.63, 3.8) is 0 Å². The van der Waals surface area contributed by atoms with Crippen LogP contribution in [0, 0.1) is 0 Å². The minimum Gasteiger partial charge on any atom is -0.457 e. The summed E-state index contributed by atoms with van der Waals surface area (Å²) >= 11 is 4.76. The topological polar surface area (TPSA) is 42.2 Å². The number of hydrogen-bond donors (Lipinski definition) is 1. The summed E-state index contributed by atoms with van der Waals surface area (Å²) in [5, 5.41) is 6.79. The SMILES string of the molecule is O=C(NCc1ccsc1)c1coc(Br)c1. The molecule has 0 aromatic carbocycles. The molecule has 0 saturated heterocycles. The first-order valence-electron chi connectivity index (χ1n) is 4.29. The van der Waals surface area contributed by atoms with Gasteiger partial charge in [-0.1, -0.05) is 0 Å². The summed E-state index contributed by atoms with van der Waals surface area (Å²) in [7, 11) is 0. The number of amides is 1. The number of carbonyl (C=O) groups excluding carboxylic acids is 1. The Balaban J connectivity index is 1.93. The highest BCUT2D eigenvalue weighted by Crippen LogP contribution is 2.14. The largest absolute Gasteiger partial charge is 0.457 e. The summed E-state index contributed by atoms with van der Waals surface area (Å²) in [4.78, 5) is 11.6. The number of halogens is 1. The smallest absolute Gasteiger partial charge is 0.254 e. The molecule has 0 spiro atoms. The van der Waals surface area contributed by atoms with E-state index in [4.69, 9.17) is 4.42 Å². The minimum absolute atomic E-state index is 0.129. The first-order chi connectivity index (χ1) is 7.25. The van der Waals surface area contributed by atoms with Gasteiger partial charge in [0.25, 0.3) is 5.91 Å². The molecule has 78 valence electrons. The molecule has 0 atom stereocenters. The normalized spacial score (nSPS) is 10.2. The van der Waals surface area contributed by atoms with Crippen LogP contribution in [-0.2, 0) is 6.54 Å². The molecule has 2 heterocycles. The highest BCUT2D eigenvalue weighted by Gasteiger charge is 2.08. The number of rotatable bonds is 3. The Kier molecular flexibility index (Phi) is 3.23. The Labute approximate surface area is 99.2 Å².